The Morgan fingerprint density at radius 3 is 2.34 bits per heavy atom. The number of amides is 1. The van der Waals surface area contributed by atoms with Crippen molar-refractivity contribution in [1.82, 2.24) is 29.1 Å². The van der Waals surface area contributed by atoms with Gasteiger partial charge in [-0.2, -0.15) is 5.10 Å². The van der Waals surface area contributed by atoms with Crippen LogP contribution in [-0.2, 0) is 13.6 Å². The lowest BCUT2D eigenvalue weighted by Gasteiger charge is -2.39. The minimum Gasteiger partial charge on any atom is -0.336 e. The summed E-state index contributed by atoms with van der Waals surface area (Å²) in [6, 6.07) is 12.5. The molecule has 0 N–H and O–H groups in total. The zero-order valence-electron chi connectivity index (χ0n) is 19.3. The molecule has 1 unspecified atom stereocenters. The van der Waals surface area contributed by atoms with Gasteiger partial charge in [0.1, 0.15) is 11.5 Å². The fourth-order valence-corrected chi connectivity index (χ4v) is 4.28. The average molecular weight is 457 g/mol. The molecule has 7 nitrogen and oxygen atoms in total. The molecule has 1 saturated heterocycles. The predicted octanol–water partition coefficient (Wildman–Crippen LogP) is 3.73. The number of benzene rings is 1. The van der Waals surface area contributed by atoms with E-state index >= 15 is 0 Å². The van der Waals surface area contributed by atoms with Gasteiger partial charge in [0.15, 0.2) is 0 Å². The lowest BCUT2D eigenvalue weighted by molar-refractivity contribution is 0.0578. The van der Waals surface area contributed by atoms with Crippen LogP contribution in [0.2, 0.25) is 0 Å². The predicted molar refractivity (Wildman–Crippen MR) is 128 cm³/mol. The highest BCUT2D eigenvalue weighted by molar-refractivity contribution is 5.92. The van der Waals surface area contributed by atoms with Gasteiger partial charge >= 0.3 is 0 Å². The molecule has 4 rings (SSSR count). The fourth-order valence-electron chi connectivity index (χ4n) is 4.28. The summed E-state index contributed by atoms with van der Waals surface area (Å²) < 4.78 is 3.92. The summed E-state index contributed by atoms with van der Waals surface area (Å²) in [6.07, 6.45) is 3.84. The number of hydrogen-bond acceptors (Lipinski definition) is 4. The number of imidazole rings is 1. The third kappa shape index (κ3) is 4.74. The van der Waals surface area contributed by atoms with Crippen LogP contribution in [0.15, 0.2) is 48.8 Å². The minimum absolute atomic E-state index is 0. The van der Waals surface area contributed by atoms with Crippen molar-refractivity contribution in [1.29, 1.82) is 0 Å². The molecule has 1 aliphatic heterocycles. The molecule has 1 amide bonds. The molecule has 0 aliphatic carbocycles. The van der Waals surface area contributed by atoms with Gasteiger partial charge < -0.3 is 9.47 Å². The van der Waals surface area contributed by atoms with E-state index in [0.717, 1.165) is 24.6 Å². The van der Waals surface area contributed by atoms with Crippen LogP contribution < -0.4 is 0 Å². The number of carbonyl (C=O) groups excluding carboxylic acids is 1. The minimum atomic E-state index is 0. The monoisotopic (exact) mass is 456 g/mol. The summed E-state index contributed by atoms with van der Waals surface area (Å²) in [4.78, 5) is 22.3. The van der Waals surface area contributed by atoms with Crippen molar-refractivity contribution in [2.75, 3.05) is 26.2 Å². The molecular weight excluding hydrogens is 424 g/mol. The van der Waals surface area contributed by atoms with Gasteiger partial charge in [0.2, 0.25) is 0 Å². The van der Waals surface area contributed by atoms with Gasteiger partial charge in [0.05, 0.1) is 11.7 Å². The van der Waals surface area contributed by atoms with Gasteiger partial charge in [-0.15, -0.1) is 12.4 Å². The van der Waals surface area contributed by atoms with Crippen molar-refractivity contribution in [2.45, 2.75) is 39.3 Å². The Morgan fingerprint density at radius 2 is 1.78 bits per heavy atom. The van der Waals surface area contributed by atoms with Crippen LogP contribution in [0.5, 0.6) is 0 Å². The summed E-state index contributed by atoms with van der Waals surface area (Å²) in [5.74, 6) is 1.41. The largest absolute Gasteiger partial charge is 0.336 e. The molecule has 1 aromatic carbocycles. The van der Waals surface area contributed by atoms with Crippen molar-refractivity contribution in [2.24, 2.45) is 7.05 Å². The Balaban J connectivity index is 0.00000289. The van der Waals surface area contributed by atoms with Crippen LogP contribution in [0, 0.1) is 0 Å². The Hall–Kier alpha value is -2.64. The molecule has 3 aromatic rings. The van der Waals surface area contributed by atoms with Gasteiger partial charge in [0.25, 0.3) is 5.91 Å². The van der Waals surface area contributed by atoms with Crippen LogP contribution in [0.25, 0.3) is 0 Å². The van der Waals surface area contributed by atoms with Crippen molar-refractivity contribution in [3.8, 4) is 0 Å². The smallest absolute Gasteiger partial charge is 0.272 e. The summed E-state index contributed by atoms with van der Waals surface area (Å²) in [7, 11) is 2.04. The van der Waals surface area contributed by atoms with Crippen molar-refractivity contribution in [3.05, 3.63) is 71.6 Å². The first-order chi connectivity index (χ1) is 15.0. The van der Waals surface area contributed by atoms with Crippen LogP contribution in [0.1, 0.15) is 60.3 Å². The molecule has 1 aliphatic rings. The zero-order valence-corrected chi connectivity index (χ0v) is 20.1. The van der Waals surface area contributed by atoms with E-state index in [1.165, 1.54) is 5.56 Å². The Labute approximate surface area is 196 Å². The van der Waals surface area contributed by atoms with E-state index < -0.39 is 0 Å². The Kier molecular flexibility index (Phi) is 7.74. The van der Waals surface area contributed by atoms with E-state index in [1.807, 2.05) is 48.1 Å². The highest BCUT2D eigenvalue weighted by Gasteiger charge is 2.31. The van der Waals surface area contributed by atoms with Gasteiger partial charge in [-0.25, -0.2) is 4.98 Å². The summed E-state index contributed by atoms with van der Waals surface area (Å²) in [6.45, 7) is 9.93. The number of carbonyl (C=O) groups is 1. The number of aryl methyl sites for hydroxylation is 2. The second-order valence-electron chi connectivity index (χ2n) is 8.46. The van der Waals surface area contributed by atoms with Gasteiger partial charge in [0, 0.05) is 52.2 Å². The first-order valence-electron chi connectivity index (χ1n) is 11.1. The van der Waals surface area contributed by atoms with Crippen molar-refractivity contribution >= 4 is 18.3 Å². The van der Waals surface area contributed by atoms with Crippen molar-refractivity contribution < 1.29 is 4.79 Å². The van der Waals surface area contributed by atoms with E-state index in [0.29, 0.717) is 31.2 Å². The molecule has 2 aromatic heterocycles. The second-order valence-corrected chi connectivity index (χ2v) is 8.46. The maximum atomic E-state index is 13.3. The topological polar surface area (TPSA) is 59.2 Å². The quantitative estimate of drug-likeness (QED) is 0.567. The normalized spacial score (nSPS) is 15.6. The van der Waals surface area contributed by atoms with E-state index in [2.05, 4.69) is 57.7 Å². The van der Waals surface area contributed by atoms with E-state index in [9.17, 15) is 4.79 Å². The summed E-state index contributed by atoms with van der Waals surface area (Å²) >= 11 is 0. The third-order valence-corrected chi connectivity index (χ3v) is 6.09. The number of halogens is 1. The van der Waals surface area contributed by atoms with Gasteiger partial charge in [-0.1, -0.05) is 44.2 Å². The number of piperazine rings is 1. The molecule has 0 radical (unpaired) electrons. The molecule has 172 valence electrons. The number of aromatic nitrogens is 4. The lowest BCUT2D eigenvalue weighted by Crippen LogP contribution is -2.50. The Bertz CT molecular complexity index is 1020. The summed E-state index contributed by atoms with van der Waals surface area (Å²) in [5, 5.41) is 4.62. The fraction of sp³-hybridized carbons (Fsp3) is 0.458. The maximum absolute atomic E-state index is 13.3. The van der Waals surface area contributed by atoms with E-state index in [1.54, 1.807) is 0 Å². The zero-order chi connectivity index (χ0) is 22.0. The molecule has 1 fully saturated rings. The van der Waals surface area contributed by atoms with Crippen LogP contribution in [0.3, 0.4) is 0 Å². The standard InChI is InChI=1S/C24H32N6O.ClH/c1-5-30-21(17-20(26-30)18(2)3)24(31)29-15-13-28(14-16-29)22(19-9-7-6-8-10-19)23-25-11-12-27(23)4;/h6-12,17-18,22H,5,13-16H2,1-4H3;1H. The molecular formula is C24H33ClN6O. The van der Waals surface area contributed by atoms with Crippen LogP contribution in [-0.4, -0.2) is 61.2 Å². The SMILES string of the molecule is CCn1nc(C(C)C)cc1C(=O)N1CCN(C(c2ccccc2)c2nccn2C)CC1.Cl. The van der Waals surface area contributed by atoms with Crippen LogP contribution >= 0.6 is 12.4 Å². The maximum Gasteiger partial charge on any atom is 0.272 e. The van der Waals surface area contributed by atoms with Crippen LogP contribution in [0.4, 0.5) is 0 Å². The molecule has 0 spiro atoms. The van der Waals surface area contributed by atoms with E-state index in [-0.39, 0.29) is 24.4 Å². The Morgan fingerprint density at radius 1 is 1.09 bits per heavy atom. The second kappa shape index (κ2) is 10.3. The molecule has 8 heteroatoms. The highest BCUT2D eigenvalue weighted by Crippen LogP contribution is 2.28. The van der Waals surface area contributed by atoms with Crippen molar-refractivity contribution in [3.63, 3.8) is 0 Å². The van der Waals surface area contributed by atoms with E-state index in [4.69, 9.17) is 0 Å². The molecule has 0 saturated carbocycles. The molecule has 32 heavy (non-hydrogen) atoms. The number of rotatable bonds is 6. The van der Waals surface area contributed by atoms with Gasteiger partial charge in [-0.3, -0.25) is 14.4 Å². The highest BCUT2D eigenvalue weighted by atomic mass is 35.5. The number of nitrogens with zero attached hydrogens (tertiary/aromatic N) is 6. The third-order valence-electron chi connectivity index (χ3n) is 6.09. The molecule has 3 heterocycles. The first kappa shape index (κ1) is 24.0. The molecule has 0 bridgehead atoms. The lowest BCUT2D eigenvalue weighted by atomic mass is 10.0. The summed E-state index contributed by atoms with van der Waals surface area (Å²) in [5.41, 5.74) is 2.90. The molecule has 1 atom stereocenters. The number of hydrogen-bond donors (Lipinski definition) is 0. The van der Waals surface area contributed by atoms with Gasteiger partial charge in [-0.05, 0) is 24.5 Å². The average Bonchev–Trinajstić information content (AvgIpc) is 3.41. The first-order valence-corrected chi connectivity index (χ1v) is 11.1.